The number of methoxy groups -OCH3 is 1. The molecule has 6 heteroatoms. The molecule has 2 aromatic carbocycles. The van der Waals surface area contributed by atoms with E-state index in [1.165, 1.54) is 14.0 Å². The van der Waals surface area contributed by atoms with Gasteiger partial charge >= 0.3 is 5.97 Å². The van der Waals surface area contributed by atoms with Crippen LogP contribution in [-0.4, -0.2) is 31.7 Å². The molecule has 1 N–H and O–H groups in total. The van der Waals surface area contributed by atoms with E-state index in [0.717, 1.165) is 11.1 Å². The molecule has 148 valence electrons. The summed E-state index contributed by atoms with van der Waals surface area (Å²) in [6.07, 6.45) is 2.89. The topological polar surface area (TPSA) is 73.9 Å². The summed E-state index contributed by atoms with van der Waals surface area (Å²) >= 11 is 0. The predicted octanol–water partition coefficient (Wildman–Crippen LogP) is 3.99. The van der Waals surface area contributed by atoms with Crippen molar-refractivity contribution in [1.29, 1.82) is 0 Å². The third-order valence-electron chi connectivity index (χ3n) is 3.86. The summed E-state index contributed by atoms with van der Waals surface area (Å²) in [4.78, 5) is 24.2. The molecule has 0 aliphatic rings. The first-order valence-corrected chi connectivity index (χ1v) is 8.93. The summed E-state index contributed by atoms with van der Waals surface area (Å²) in [5.74, 6) is -0.128. The lowest BCUT2D eigenvalue weighted by atomic mass is 10.2. The van der Waals surface area contributed by atoms with Crippen LogP contribution in [0.3, 0.4) is 0 Å². The molecule has 0 saturated carbocycles. The lowest BCUT2D eigenvalue weighted by molar-refractivity contribution is -0.155. The van der Waals surface area contributed by atoms with Crippen molar-refractivity contribution in [3.05, 3.63) is 59.7 Å². The van der Waals surface area contributed by atoms with Gasteiger partial charge < -0.3 is 19.5 Å². The number of esters is 1. The molecule has 0 aromatic heterocycles. The van der Waals surface area contributed by atoms with Crippen LogP contribution in [0.15, 0.2) is 48.5 Å². The van der Waals surface area contributed by atoms with Crippen LogP contribution in [0, 0.1) is 6.92 Å². The number of benzene rings is 2. The van der Waals surface area contributed by atoms with Gasteiger partial charge in [-0.25, -0.2) is 4.79 Å². The smallest absolute Gasteiger partial charge is 0.344 e. The number of nitrogens with one attached hydrogen (secondary N) is 1. The second-order valence-corrected chi connectivity index (χ2v) is 6.19. The molecule has 0 bridgehead atoms. The average Bonchev–Trinajstić information content (AvgIpc) is 2.67. The fraction of sp³-hybridized carbons (Fsp3) is 0.273. The summed E-state index contributed by atoms with van der Waals surface area (Å²) < 4.78 is 15.9. The molecule has 0 aliphatic heterocycles. The second-order valence-electron chi connectivity index (χ2n) is 6.19. The molecule has 0 fully saturated rings. The fourth-order valence-electron chi connectivity index (χ4n) is 2.49. The second kappa shape index (κ2) is 10.2. The largest absolute Gasteiger partial charge is 0.493 e. The van der Waals surface area contributed by atoms with E-state index in [1.807, 2.05) is 50.3 Å². The maximum absolute atomic E-state index is 12.2. The Kier molecular flexibility index (Phi) is 7.63. The molecule has 0 radical (unpaired) electrons. The zero-order valence-corrected chi connectivity index (χ0v) is 16.5. The Morgan fingerprint density at radius 2 is 1.93 bits per heavy atom. The van der Waals surface area contributed by atoms with Crippen molar-refractivity contribution in [3.8, 4) is 11.5 Å². The number of carbonyl (C=O) groups is 2. The van der Waals surface area contributed by atoms with Crippen molar-refractivity contribution in [2.75, 3.05) is 19.0 Å². The van der Waals surface area contributed by atoms with Crippen LogP contribution in [0.5, 0.6) is 11.5 Å². The molecule has 0 aliphatic carbocycles. The van der Waals surface area contributed by atoms with E-state index in [2.05, 4.69) is 5.32 Å². The highest BCUT2D eigenvalue weighted by atomic mass is 16.6. The Labute approximate surface area is 165 Å². The summed E-state index contributed by atoms with van der Waals surface area (Å²) in [5, 5.41) is 2.71. The van der Waals surface area contributed by atoms with E-state index in [4.69, 9.17) is 14.2 Å². The minimum Gasteiger partial charge on any atom is -0.493 e. The molecule has 0 spiro atoms. The van der Waals surface area contributed by atoms with Gasteiger partial charge in [-0.15, -0.1) is 0 Å². The van der Waals surface area contributed by atoms with Gasteiger partial charge in [0.2, 0.25) is 0 Å². The van der Waals surface area contributed by atoms with E-state index < -0.39 is 18.0 Å². The van der Waals surface area contributed by atoms with Gasteiger partial charge in [-0.2, -0.15) is 0 Å². The average molecular weight is 383 g/mol. The van der Waals surface area contributed by atoms with Crippen LogP contribution in [0.4, 0.5) is 5.69 Å². The Morgan fingerprint density at radius 1 is 1.14 bits per heavy atom. The molecule has 6 nitrogen and oxygen atoms in total. The van der Waals surface area contributed by atoms with E-state index in [-0.39, 0.29) is 6.61 Å². The van der Waals surface area contributed by atoms with Crippen LogP contribution in [0.25, 0.3) is 6.08 Å². The number of ether oxygens (including phenoxy) is 3. The highest BCUT2D eigenvalue weighted by Gasteiger charge is 2.19. The van der Waals surface area contributed by atoms with E-state index in [1.54, 1.807) is 18.2 Å². The fourth-order valence-corrected chi connectivity index (χ4v) is 2.49. The Morgan fingerprint density at radius 3 is 2.61 bits per heavy atom. The van der Waals surface area contributed by atoms with E-state index in [9.17, 15) is 9.59 Å². The van der Waals surface area contributed by atoms with Crippen molar-refractivity contribution < 1.29 is 23.8 Å². The number of anilines is 1. The van der Waals surface area contributed by atoms with Gasteiger partial charge in [-0.3, -0.25) is 4.79 Å². The summed E-state index contributed by atoms with van der Waals surface area (Å²) in [6.45, 7) is 5.02. The Balaban J connectivity index is 1.88. The molecular weight excluding hydrogens is 358 g/mol. The van der Waals surface area contributed by atoms with Crippen molar-refractivity contribution in [2.45, 2.75) is 26.9 Å². The van der Waals surface area contributed by atoms with Gasteiger partial charge in [0.15, 0.2) is 24.2 Å². The van der Waals surface area contributed by atoms with Gasteiger partial charge in [-0.05, 0) is 56.2 Å². The molecule has 2 aromatic rings. The zero-order chi connectivity index (χ0) is 20.5. The maximum atomic E-state index is 12.2. The Bertz CT molecular complexity index is 860. The molecule has 0 unspecified atom stereocenters. The van der Waals surface area contributed by atoms with Gasteiger partial charge in [0, 0.05) is 5.69 Å². The quantitative estimate of drug-likeness (QED) is 0.698. The summed E-state index contributed by atoms with van der Waals surface area (Å²) in [6, 6.07) is 12.7. The summed E-state index contributed by atoms with van der Waals surface area (Å²) in [7, 11) is 1.53. The highest BCUT2D eigenvalue weighted by molar-refractivity contribution is 5.95. The highest BCUT2D eigenvalue weighted by Crippen LogP contribution is 2.28. The van der Waals surface area contributed by atoms with Crippen molar-refractivity contribution >= 4 is 23.6 Å². The molecule has 0 saturated heterocycles. The number of amides is 1. The van der Waals surface area contributed by atoms with E-state index in [0.29, 0.717) is 17.2 Å². The SMILES string of the molecule is C/C=C/c1ccc(OCC(=O)O[C@@H](C)C(=O)Nc2cccc(C)c2)c(OC)c1. The third-order valence-corrected chi connectivity index (χ3v) is 3.86. The normalized spacial score (nSPS) is 11.7. The van der Waals surface area contributed by atoms with Crippen molar-refractivity contribution in [2.24, 2.45) is 0 Å². The number of aryl methyl sites for hydroxylation is 1. The number of carbonyl (C=O) groups excluding carboxylic acids is 2. The predicted molar refractivity (Wildman–Crippen MR) is 109 cm³/mol. The standard InChI is InChI=1S/C22H25NO5/c1-5-7-17-10-11-19(20(13-17)26-4)27-14-21(24)28-16(3)22(25)23-18-9-6-8-15(2)12-18/h5-13,16H,14H2,1-4H3,(H,23,25)/b7-5+/t16-/m0/s1. The maximum Gasteiger partial charge on any atom is 0.344 e. The van der Waals surface area contributed by atoms with Gasteiger partial charge in [0.25, 0.3) is 5.91 Å². The zero-order valence-electron chi connectivity index (χ0n) is 16.5. The first-order chi connectivity index (χ1) is 13.4. The molecule has 0 heterocycles. The number of allylic oxidation sites excluding steroid dienone is 1. The lowest BCUT2D eigenvalue weighted by Gasteiger charge is -2.15. The third kappa shape index (κ3) is 6.16. The molecule has 2 rings (SSSR count). The van der Waals surface area contributed by atoms with Crippen LogP contribution >= 0.6 is 0 Å². The molecule has 1 atom stereocenters. The van der Waals surface area contributed by atoms with Gasteiger partial charge in [0.1, 0.15) is 0 Å². The van der Waals surface area contributed by atoms with Crippen LogP contribution in [0.2, 0.25) is 0 Å². The van der Waals surface area contributed by atoms with Crippen molar-refractivity contribution in [1.82, 2.24) is 0 Å². The monoisotopic (exact) mass is 383 g/mol. The Hall–Kier alpha value is -3.28. The van der Waals surface area contributed by atoms with Gasteiger partial charge in [0.05, 0.1) is 7.11 Å². The molecule has 1 amide bonds. The molecular formula is C22H25NO5. The molecule has 28 heavy (non-hydrogen) atoms. The lowest BCUT2D eigenvalue weighted by Crippen LogP contribution is -2.31. The number of hydrogen-bond donors (Lipinski definition) is 1. The minimum atomic E-state index is -0.949. The summed E-state index contributed by atoms with van der Waals surface area (Å²) in [5.41, 5.74) is 2.62. The van der Waals surface area contributed by atoms with E-state index >= 15 is 0 Å². The van der Waals surface area contributed by atoms with Crippen molar-refractivity contribution in [3.63, 3.8) is 0 Å². The van der Waals surface area contributed by atoms with Crippen LogP contribution in [0.1, 0.15) is 25.0 Å². The van der Waals surface area contributed by atoms with Gasteiger partial charge in [-0.1, -0.05) is 30.4 Å². The van der Waals surface area contributed by atoms with Crippen LogP contribution in [-0.2, 0) is 14.3 Å². The number of rotatable bonds is 8. The first-order valence-electron chi connectivity index (χ1n) is 8.93. The first kappa shape index (κ1) is 21.0. The number of hydrogen-bond acceptors (Lipinski definition) is 5. The minimum absolute atomic E-state index is 0.332. The van der Waals surface area contributed by atoms with Crippen LogP contribution < -0.4 is 14.8 Å².